The van der Waals surface area contributed by atoms with Crippen molar-refractivity contribution in [1.82, 2.24) is 20.1 Å². The van der Waals surface area contributed by atoms with Crippen LogP contribution in [0, 0.1) is 0 Å². The second kappa shape index (κ2) is 7.10. The predicted octanol–water partition coefficient (Wildman–Crippen LogP) is 2.10. The highest BCUT2D eigenvalue weighted by molar-refractivity contribution is 5.92. The number of aliphatic hydroxyl groups excluding tert-OH is 1. The van der Waals surface area contributed by atoms with Gasteiger partial charge in [-0.3, -0.25) is 4.79 Å². The Balaban J connectivity index is 1.63. The van der Waals surface area contributed by atoms with E-state index in [1.165, 1.54) is 6.26 Å². The Hall–Kier alpha value is -2.93. The fourth-order valence-electron chi connectivity index (χ4n) is 2.37. The lowest BCUT2D eigenvalue weighted by molar-refractivity contribution is 0.0898. The van der Waals surface area contributed by atoms with Crippen molar-refractivity contribution in [2.45, 2.75) is 25.5 Å². The van der Waals surface area contributed by atoms with Crippen LogP contribution >= 0.6 is 0 Å². The third-order valence-corrected chi connectivity index (χ3v) is 3.53. The average molecular weight is 326 g/mol. The van der Waals surface area contributed by atoms with Crippen molar-refractivity contribution >= 4 is 5.91 Å². The van der Waals surface area contributed by atoms with Gasteiger partial charge in [0.15, 0.2) is 5.82 Å². The molecule has 0 fully saturated rings. The second-order valence-electron chi connectivity index (χ2n) is 5.47. The van der Waals surface area contributed by atoms with Gasteiger partial charge >= 0.3 is 0 Å². The largest absolute Gasteiger partial charge is 0.467 e. The Morgan fingerprint density at radius 3 is 2.92 bits per heavy atom. The monoisotopic (exact) mass is 326 g/mol. The van der Waals surface area contributed by atoms with Crippen LogP contribution in [0.3, 0.4) is 0 Å². The molecule has 0 radical (unpaired) electrons. The summed E-state index contributed by atoms with van der Waals surface area (Å²) in [7, 11) is 0. The number of nitrogens with one attached hydrogen (secondary N) is 1. The Labute approximate surface area is 138 Å². The molecule has 0 aromatic carbocycles. The molecule has 3 rings (SSSR count). The van der Waals surface area contributed by atoms with Gasteiger partial charge in [-0.05, 0) is 37.3 Å². The third kappa shape index (κ3) is 3.69. The normalized spacial score (nSPS) is 13.4. The Bertz CT molecular complexity index is 784. The van der Waals surface area contributed by atoms with Crippen LogP contribution in [-0.4, -0.2) is 31.8 Å². The Morgan fingerprint density at radius 1 is 1.33 bits per heavy atom. The zero-order valence-corrected chi connectivity index (χ0v) is 13.2. The number of carbonyl (C=O) groups excluding carboxylic acids is 1. The number of hydrogen-bond acceptors (Lipinski definition) is 5. The van der Waals surface area contributed by atoms with E-state index in [2.05, 4.69) is 15.4 Å². The van der Waals surface area contributed by atoms with Crippen molar-refractivity contribution in [2.75, 3.05) is 0 Å². The first-order valence-electron chi connectivity index (χ1n) is 7.63. The number of aromatic nitrogens is 3. The lowest BCUT2D eigenvalue weighted by atomic mass is 10.1. The highest BCUT2D eigenvalue weighted by Crippen LogP contribution is 2.18. The number of nitrogens with zero attached hydrogens (tertiary/aromatic N) is 3. The van der Waals surface area contributed by atoms with E-state index >= 15 is 0 Å². The molecule has 3 aromatic heterocycles. The maximum Gasteiger partial charge on any atom is 0.270 e. The van der Waals surface area contributed by atoms with Crippen LogP contribution in [0.5, 0.6) is 0 Å². The van der Waals surface area contributed by atoms with E-state index in [-0.39, 0.29) is 11.9 Å². The molecule has 7 nitrogen and oxygen atoms in total. The summed E-state index contributed by atoms with van der Waals surface area (Å²) >= 11 is 0. The molecular formula is C17H18N4O3. The first kappa shape index (κ1) is 15.9. The van der Waals surface area contributed by atoms with Crippen LogP contribution in [0.4, 0.5) is 0 Å². The molecule has 0 spiro atoms. The van der Waals surface area contributed by atoms with Crippen molar-refractivity contribution in [2.24, 2.45) is 0 Å². The minimum atomic E-state index is -0.765. The molecule has 3 aromatic rings. The van der Waals surface area contributed by atoms with Gasteiger partial charge in [0.05, 0.1) is 6.26 Å². The highest BCUT2D eigenvalue weighted by Gasteiger charge is 2.18. The van der Waals surface area contributed by atoms with E-state index in [9.17, 15) is 9.90 Å². The topological polar surface area (TPSA) is 93.2 Å². The summed E-state index contributed by atoms with van der Waals surface area (Å²) < 4.78 is 6.74. The number of pyridine rings is 1. The van der Waals surface area contributed by atoms with Crippen LogP contribution in [0.15, 0.2) is 59.5 Å². The molecule has 2 atom stereocenters. The van der Waals surface area contributed by atoms with Crippen LogP contribution in [0.1, 0.15) is 35.7 Å². The summed E-state index contributed by atoms with van der Waals surface area (Å²) in [5.41, 5.74) is 0.294. The van der Waals surface area contributed by atoms with Crippen molar-refractivity contribution in [3.05, 3.63) is 66.5 Å². The molecule has 0 aliphatic heterocycles. The first-order chi connectivity index (χ1) is 11.6. The van der Waals surface area contributed by atoms with Gasteiger partial charge < -0.3 is 14.8 Å². The molecule has 0 saturated heterocycles. The summed E-state index contributed by atoms with van der Waals surface area (Å²) in [5.74, 6) is 0.744. The van der Waals surface area contributed by atoms with Gasteiger partial charge in [-0.15, -0.1) is 0 Å². The van der Waals surface area contributed by atoms with E-state index in [0.29, 0.717) is 23.7 Å². The molecule has 0 aliphatic carbocycles. The number of furan rings is 1. The fraction of sp³-hybridized carbons (Fsp3) is 0.235. The molecule has 2 N–H and O–H groups in total. The predicted molar refractivity (Wildman–Crippen MR) is 86.6 cm³/mol. The maximum atomic E-state index is 12.3. The number of carbonyl (C=O) groups is 1. The molecule has 2 unspecified atom stereocenters. The molecule has 0 saturated carbocycles. The average Bonchev–Trinajstić information content (AvgIpc) is 3.28. The number of amides is 1. The minimum Gasteiger partial charge on any atom is -0.467 e. The Kier molecular flexibility index (Phi) is 4.72. The summed E-state index contributed by atoms with van der Waals surface area (Å²) in [6.45, 7) is 1.82. The lowest BCUT2D eigenvalue weighted by Crippen LogP contribution is -2.34. The third-order valence-electron chi connectivity index (χ3n) is 3.53. The van der Waals surface area contributed by atoms with E-state index in [1.54, 1.807) is 53.5 Å². The Morgan fingerprint density at radius 2 is 2.21 bits per heavy atom. The first-order valence-corrected chi connectivity index (χ1v) is 7.63. The maximum absolute atomic E-state index is 12.3. The number of aliphatic hydroxyl groups is 1. The van der Waals surface area contributed by atoms with Crippen molar-refractivity contribution < 1.29 is 14.3 Å². The van der Waals surface area contributed by atoms with Gasteiger partial charge in [0.2, 0.25) is 0 Å². The van der Waals surface area contributed by atoms with Gasteiger partial charge in [-0.2, -0.15) is 5.10 Å². The van der Waals surface area contributed by atoms with Crippen molar-refractivity contribution in [1.29, 1.82) is 0 Å². The number of rotatable bonds is 6. The van der Waals surface area contributed by atoms with Gasteiger partial charge in [0.1, 0.15) is 17.6 Å². The zero-order chi connectivity index (χ0) is 16.9. The molecule has 7 heteroatoms. The molecule has 24 heavy (non-hydrogen) atoms. The smallest absolute Gasteiger partial charge is 0.270 e. The SMILES string of the molecule is CC(CC(O)c1ccco1)NC(=O)c1cccc(-n2cccn2)n1. The fourth-order valence-corrected chi connectivity index (χ4v) is 2.37. The quantitative estimate of drug-likeness (QED) is 0.723. The molecule has 3 heterocycles. The van der Waals surface area contributed by atoms with Crippen LogP contribution in [0.2, 0.25) is 0 Å². The van der Waals surface area contributed by atoms with Crippen LogP contribution in [0.25, 0.3) is 5.82 Å². The van der Waals surface area contributed by atoms with Crippen LogP contribution in [-0.2, 0) is 0 Å². The van der Waals surface area contributed by atoms with E-state index in [0.717, 1.165) is 0 Å². The lowest BCUT2D eigenvalue weighted by Gasteiger charge is -2.16. The molecule has 0 aliphatic rings. The summed E-state index contributed by atoms with van der Waals surface area (Å²) in [6, 6.07) is 10.1. The highest BCUT2D eigenvalue weighted by atomic mass is 16.4. The molecule has 1 amide bonds. The second-order valence-corrected chi connectivity index (χ2v) is 5.47. The zero-order valence-electron chi connectivity index (χ0n) is 13.2. The molecule has 124 valence electrons. The van der Waals surface area contributed by atoms with Gasteiger partial charge in [0.25, 0.3) is 5.91 Å². The standard InChI is InChI=1S/C17H18N4O3/c1-12(11-14(22)15-6-3-10-24-15)19-17(23)13-5-2-7-16(20-13)21-9-4-8-18-21/h2-10,12,14,22H,11H2,1H3,(H,19,23). The van der Waals surface area contributed by atoms with E-state index in [4.69, 9.17) is 4.42 Å². The van der Waals surface area contributed by atoms with E-state index in [1.807, 2.05) is 6.92 Å². The summed E-state index contributed by atoms with van der Waals surface area (Å²) in [6.07, 6.45) is 4.49. The number of hydrogen-bond donors (Lipinski definition) is 2. The summed E-state index contributed by atoms with van der Waals surface area (Å²) in [4.78, 5) is 16.6. The molecule has 0 bridgehead atoms. The molecular weight excluding hydrogens is 308 g/mol. The summed E-state index contributed by atoms with van der Waals surface area (Å²) in [5, 5.41) is 17.0. The van der Waals surface area contributed by atoms with Gasteiger partial charge in [-0.1, -0.05) is 6.07 Å². The van der Waals surface area contributed by atoms with Gasteiger partial charge in [0, 0.05) is 24.9 Å². The van der Waals surface area contributed by atoms with Gasteiger partial charge in [-0.25, -0.2) is 9.67 Å². The minimum absolute atomic E-state index is 0.243. The van der Waals surface area contributed by atoms with Crippen molar-refractivity contribution in [3.63, 3.8) is 0 Å². The van der Waals surface area contributed by atoms with E-state index < -0.39 is 6.10 Å². The van der Waals surface area contributed by atoms with Crippen LogP contribution < -0.4 is 5.32 Å². The van der Waals surface area contributed by atoms with Crippen molar-refractivity contribution in [3.8, 4) is 5.82 Å².